The Morgan fingerprint density at radius 3 is 2.76 bits per heavy atom. The molecule has 0 atom stereocenters. The Morgan fingerprint density at radius 1 is 1.21 bits per heavy atom. The number of fused-ring (bicyclic) bond motifs is 1. The fourth-order valence-corrected chi connectivity index (χ4v) is 2.74. The van der Waals surface area contributed by atoms with Gasteiger partial charge in [0.05, 0.1) is 16.6 Å². The Labute approximate surface area is 165 Å². The van der Waals surface area contributed by atoms with E-state index in [1.807, 2.05) is 11.9 Å². The minimum atomic E-state index is -0.585. The zero-order valence-corrected chi connectivity index (χ0v) is 16.1. The molecule has 0 saturated carbocycles. The normalized spacial score (nSPS) is 11.2. The van der Waals surface area contributed by atoms with Crippen LogP contribution in [0.1, 0.15) is 24.5 Å². The molecule has 4 rings (SSSR count). The maximum absolute atomic E-state index is 13.9. The number of H-pyrrole nitrogens is 1. The van der Waals surface area contributed by atoms with E-state index >= 15 is 0 Å². The molecule has 8 nitrogen and oxygen atoms in total. The first-order valence-electron chi connectivity index (χ1n) is 9.05. The van der Waals surface area contributed by atoms with Crippen molar-refractivity contribution in [1.29, 1.82) is 0 Å². The smallest absolute Gasteiger partial charge is 0.316 e. The largest absolute Gasteiger partial charge is 0.343 e. The predicted octanol–water partition coefficient (Wildman–Crippen LogP) is 3.85. The number of imidazole rings is 1. The summed E-state index contributed by atoms with van der Waals surface area (Å²) < 4.78 is 18.8. The minimum Gasteiger partial charge on any atom is -0.343 e. The van der Waals surface area contributed by atoms with Crippen LogP contribution in [0.4, 0.5) is 16.0 Å². The molecule has 9 heteroatoms. The second-order valence-electron chi connectivity index (χ2n) is 6.85. The Morgan fingerprint density at radius 2 is 2.00 bits per heavy atom. The first-order valence-corrected chi connectivity index (χ1v) is 9.05. The van der Waals surface area contributed by atoms with Gasteiger partial charge in [-0.15, -0.1) is 0 Å². The highest BCUT2D eigenvalue weighted by Gasteiger charge is 2.18. The average Bonchev–Trinajstić information content (AvgIpc) is 3.34. The monoisotopic (exact) mass is 394 g/mol. The van der Waals surface area contributed by atoms with Crippen molar-refractivity contribution < 1.29 is 13.7 Å². The van der Waals surface area contributed by atoms with Gasteiger partial charge in [0.1, 0.15) is 5.82 Å². The summed E-state index contributed by atoms with van der Waals surface area (Å²) in [6.45, 7) is 4.14. The van der Waals surface area contributed by atoms with Gasteiger partial charge in [0, 0.05) is 18.8 Å². The van der Waals surface area contributed by atoms with Gasteiger partial charge in [0.25, 0.3) is 0 Å². The maximum Gasteiger partial charge on any atom is 0.316 e. The number of nitrogens with zero attached hydrogens (tertiary/aromatic N) is 4. The summed E-state index contributed by atoms with van der Waals surface area (Å²) in [6.07, 6.45) is 0. The van der Waals surface area contributed by atoms with Crippen LogP contribution in [0.5, 0.6) is 0 Å². The van der Waals surface area contributed by atoms with Crippen molar-refractivity contribution in [3.8, 4) is 11.4 Å². The van der Waals surface area contributed by atoms with Gasteiger partial charge in [-0.3, -0.25) is 4.79 Å². The number of nitrogens with one attached hydrogen (secondary N) is 2. The predicted molar refractivity (Wildman–Crippen MR) is 107 cm³/mol. The van der Waals surface area contributed by atoms with E-state index in [4.69, 9.17) is 4.52 Å². The van der Waals surface area contributed by atoms with E-state index in [0.717, 1.165) is 17.0 Å². The third-order valence-electron chi connectivity index (χ3n) is 4.57. The topological polar surface area (TPSA) is 99.9 Å². The molecule has 0 aliphatic carbocycles. The zero-order chi connectivity index (χ0) is 20.5. The molecule has 2 aromatic heterocycles. The van der Waals surface area contributed by atoms with Gasteiger partial charge >= 0.3 is 11.8 Å². The van der Waals surface area contributed by atoms with Gasteiger partial charge in [-0.25, -0.2) is 9.37 Å². The molecule has 0 fully saturated rings. The highest BCUT2D eigenvalue weighted by molar-refractivity contribution is 6.02. The van der Waals surface area contributed by atoms with Crippen molar-refractivity contribution in [1.82, 2.24) is 20.1 Å². The molecule has 0 aliphatic heterocycles. The number of benzene rings is 2. The summed E-state index contributed by atoms with van der Waals surface area (Å²) in [5, 5.41) is 6.39. The van der Waals surface area contributed by atoms with E-state index in [-0.39, 0.29) is 23.3 Å². The van der Waals surface area contributed by atoms with Crippen molar-refractivity contribution in [3.05, 3.63) is 54.2 Å². The van der Waals surface area contributed by atoms with E-state index in [2.05, 4.69) is 39.3 Å². The summed E-state index contributed by atoms with van der Waals surface area (Å²) in [4.78, 5) is 26.2. The Bertz CT molecular complexity index is 1180. The van der Waals surface area contributed by atoms with Crippen LogP contribution in [-0.4, -0.2) is 39.1 Å². The first-order chi connectivity index (χ1) is 13.9. The molecular weight excluding hydrogens is 375 g/mol. The molecule has 2 heterocycles. The number of carbonyl (C=O) groups excluding carboxylic acids is 1. The van der Waals surface area contributed by atoms with E-state index in [0.29, 0.717) is 5.69 Å². The fourth-order valence-electron chi connectivity index (χ4n) is 2.74. The number of aromatic nitrogens is 4. The van der Waals surface area contributed by atoms with Crippen LogP contribution in [0.2, 0.25) is 0 Å². The van der Waals surface area contributed by atoms with Crippen molar-refractivity contribution in [2.45, 2.75) is 19.9 Å². The lowest BCUT2D eigenvalue weighted by atomic mass is 10.2. The van der Waals surface area contributed by atoms with Gasteiger partial charge in [-0.05, 0) is 44.2 Å². The number of aromatic amines is 1. The molecule has 2 N–H and O–H groups in total. The second kappa shape index (κ2) is 7.34. The lowest BCUT2D eigenvalue weighted by molar-refractivity contribution is 0.0981. The maximum atomic E-state index is 13.9. The van der Waals surface area contributed by atoms with Gasteiger partial charge in [-0.1, -0.05) is 17.3 Å². The molecule has 2 aromatic carbocycles. The Balaban J connectivity index is 1.54. The SMILES string of the molecule is CC(C)N(C)c1nc2ccc(NC(=O)c3nc(-c4ccccc4F)no3)cc2[nH]1. The molecule has 0 spiro atoms. The van der Waals surface area contributed by atoms with Crippen LogP contribution in [-0.2, 0) is 0 Å². The molecule has 0 radical (unpaired) electrons. The van der Waals surface area contributed by atoms with Crippen LogP contribution >= 0.6 is 0 Å². The third kappa shape index (κ3) is 3.66. The lowest BCUT2D eigenvalue weighted by Gasteiger charge is -2.19. The molecule has 29 heavy (non-hydrogen) atoms. The van der Waals surface area contributed by atoms with E-state index in [9.17, 15) is 9.18 Å². The zero-order valence-electron chi connectivity index (χ0n) is 16.1. The van der Waals surface area contributed by atoms with E-state index in [1.54, 1.807) is 30.3 Å². The molecule has 0 bridgehead atoms. The fraction of sp³-hybridized carbons (Fsp3) is 0.200. The van der Waals surface area contributed by atoms with Crippen molar-refractivity contribution in [3.63, 3.8) is 0 Å². The van der Waals surface area contributed by atoms with Gasteiger partial charge in [0.2, 0.25) is 11.8 Å². The third-order valence-corrected chi connectivity index (χ3v) is 4.57. The number of halogens is 1. The summed E-state index contributed by atoms with van der Waals surface area (Å²) in [7, 11) is 1.95. The van der Waals surface area contributed by atoms with Crippen molar-refractivity contribution in [2.75, 3.05) is 17.3 Å². The quantitative estimate of drug-likeness (QED) is 0.533. The standard InChI is InChI=1S/C20H19FN6O2/c1-11(2)27(3)20-23-15-9-8-12(10-16(15)24-20)22-18(28)19-25-17(26-29-19)13-6-4-5-7-14(13)21/h4-11H,1-3H3,(H,22,28)(H,23,24). The Kier molecular flexibility index (Phi) is 4.71. The molecule has 0 aliphatic rings. The summed E-state index contributed by atoms with van der Waals surface area (Å²) in [5.74, 6) is -0.581. The number of amides is 1. The lowest BCUT2D eigenvalue weighted by Crippen LogP contribution is -2.26. The van der Waals surface area contributed by atoms with E-state index < -0.39 is 11.7 Å². The van der Waals surface area contributed by atoms with Crippen LogP contribution in [0.3, 0.4) is 0 Å². The highest BCUT2D eigenvalue weighted by atomic mass is 19.1. The van der Waals surface area contributed by atoms with Gasteiger partial charge in [-0.2, -0.15) is 4.98 Å². The molecule has 1 amide bonds. The van der Waals surface area contributed by atoms with Crippen LogP contribution in [0.25, 0.3) is 22.4 Å². The Hall–Kier alpha value is -3.75. The molecule has 4 aromatic rings. The summed E-state index contributed by atoms with van der Waals surface area (Å²) >= 11 is 0. The summed E-state index contributed by atoms with van der Waals surface area (Å²) in [5.41, 5.74) is 2.26. The second-order valence-corrected chi connectivity index (χ2v) is 6.85. The average molecular weight is 394 g/mol. The number of hydrogen-bond donors (Lipinski definition) is 2. The van der Waals surface area contributed by atoms with Gasteiger partial charge in [0.15, 0.2) is 0 Å². The molecule has 148 valence electrons. The van der Waals surface area contributed by atoms with Crippen molar-refractivity contribution in [2.24, 2.45) is 0 Å². The number of hydrogen-bond acceptors (Lipinski definition) is 6. The van der Waals surface area contributed by atoms with E-state index in [1.165, 1.54) is 12.1 Å². The van der Waals surface area contributed by atoms with Crippen LogP contribution in [0, 0.1) is 5.82 Å². The van der Waals surface area contributed by atoms with Crippen molar-refractivity contribution >= 4 is 28.6 Å². The van der Waals surface area contributed by atoms with Gasteiger partial charge < -0.3 is 19.7 Å². The highest BCUT2D eigenvalue weighted by Crippen LogP contribution is 2.23. The number of rotatable bonds is 5. The summed E-state index contributed by atoms with van der Waals surface area (Å²) in [6, 6.07) is 11.6. The number of anilines is 2. The van der Waals surface area contributed by atoms with Crippen LogP contribution < -0.4 is 10.2 Å². The van der Waals surface area contributed by atoms with Crippen LogP contribution in [0.15, 0.2) is 47.0 Å². The first kappa shape index (κ1) is 18.6. The molecular formula is C20H19FN6O2. The number of carbonyl (C=O) groups is 1. The molecule has 0 saturated heterocycles. The molecule has 0 unspecified atom stereocenters. The minimum absolute atomic E-state index is 0.0126.